The van der Waals surface area contributed by atoms with E-state index < -0.39 is 6.10 Å². The van der Waals surface area contributed by atoms with Gasteiger partial charge in [0.1, 0.15) is 0 Å². The predicted molar refractivity (Wildman–Crippen MR) is 109 cm³/mol. The molecule has 0 aromatic rings. The Bertz CT molecular complexity index is 356. The number of aliphatic hydroxyl groups excluding tert-OH is 1. The lowest BCUT2D eigenvalue weighted by atomic mass is 10.2. The van der Waals surface area contributed by atoms with Crippen LogP contribution in [0.4, 0.5) is 0 Å². The predicted octanol–water partition coefficient (Wildman–Crippen LogP) is 2.23. The maximum atomic E-state index is 9.95. The van der Waals surface area contributed by atoms with E-state index in [4.69, 9.17) is 4.74 Å². The molecule has 7 heteroatoms. The van der Waals surface area contributed by atoms with Crippen molar-refractivity contribution in [1.29, 1.82) is 0 Å². The van der Waals surface area contributed by atoms with Gasteiger partial charge in [0.05, 0.1) is 19.3 Å². The van der Waals surface area contributed by atoms with E-state index in [0.717, 1.165) is 30.3 Å². The Morgan fingerprint density at radius 1 is 1.35 bits per heavy atom. The van der Waals surface area contributed by atoms with E-state index in [1.165, 1.54) is 32.1 Å². The van der Waals surface area contributed by atoms with E-state index in [2.05, 4.69) is 28.8 Å². The van der Waals surface area contributed by atoms with Crippen LogP contribution in [0.25, 0.3) is 0 Å². The molecule has 2 aliphatic carbocycles. The molecule has 2 saturated carbocycles. The number of guanidine groups is 1. The Kier molecular flexibility index (Phi) is 10.9. The summed E-state index contributed by atoms with van der Waals surface area (Å²) >= 11 is 1.95. The molecule has 0 aromatic heterocycles. The monoisotopic (exact) mass is 457 g/mol. The minimum Gasteiger partial charge on any atom is -0.389 e. The van der Waals surface area contributed by atoms with Gasteiger partial charge in [-0.25, -0.2) is 0 Å². The minimum atomic E-state index is -0.517. The number of ether oxygens (including phenoxy) is 1. The van der Waals surface area contributed by atoms with Crippen LogP contribution in [-0.2, 0) is 4.74 Å². The molecule has 0 heterocycles. The quantitative estimate of drug-likeness (QED) is 0.282. The van der Waals surface area contributed by atoms with Crippen molar-refractivity contribution in [3.8, 4) is 0 Å². The zero-order valence-corrected chi connectivity index (χ0v) is 17.4. The minimum absolute atomic E-state index is 0. The Morgan fingerprint density at radius 3 is 2.74 bits per heavy atom. The van der Waals surface area contributed by atoms with Gasteiger partial charge in [-0.3, -0.25) is 4.99 Å². The molecule has 3 atom stereocenters. The second kappa shape index (κ2) is 11.8. The lowest BCUT2D eigenvalue weighted by Crippen LogP contribution is -2.43. The van der Waals surface area contributed by atoms with Crippen molar-refractivity contribution < 1.29 is 9.84 Å². The van der Waals surface area contributed by atoms with Crippen LogP contribution in [-0.4, -0.2) is 61.0 Å². The van der Waals surface area contributed by atoms with Crippen LogP contribution >= 0.6 is 35.7 Å². The average molecular weight is 457 g/mol. The van der Waals surface area contributed by atoms with Crippen LogP contribution in [0.15, 0.2) is 4.99 Å². The lowest BCUT2D eigenvalue weighted by molar-refractivity contribution is 0.0368. The van der Waals surface area contributed by atoms with Gasteiger partial charge >= 0.3 is 0 Å². The fraction of sp³-hybridized carbons (Fsp3) is 0.938. The molecule has 0 bridgehead atoms. The fourth-order valence-corrected chi connectivity index (χ4v) is 3.50. The maximum Gasteiger partial charge on any atom is 0.191 e. The van der Waals surface area contributed by atoms with E-state index >= 15 is 0 Å². The summed E-state index contributed by atoms with van der Waals surface area (Å²) in [5, 5.41) is 17.5. The molecule has 5 nitrogen and oxygen atoms in total. The van der Waals surface area contributed by atoms with Crippen molar-refractivity contribution in [1.82, 2.24) is 10.6 Å². The standard InChI is InChI=1S/C16H31N3O2S.HI/c1-3-17-16(19-13-6-7-15(8-13)22-2)18-9-14(20)11-21-10-12-4-5-12;/h12-15,20H,3-11H2,1-2H3,(H2,17,18,19);1H. The highest BCUT2D eigenvalue weighted by molar-refractivity contribution is 14.0. The van der Waals surface area contributed by atoms with Gasteiger partial charge in [0.25, 0.3) is 0 Å². The number of nitrogens with one attached hydrogen (secondary N) is 2. The van der Waals surface area contributed by atoms with Crippen LogP contribution in [0.5, 0.6) is 0 Å². The number of hydrogen-bond donors (Lipinski definition) is 3. The molecule has 3 N–H and O–H groups in total. The van der Waals surface area contributed by atoms with Gasteiger partial charge in [-0.15, -0.1) is 24.0 Å². The van der Waals surface area contributed by atoms with Gasteiger partial charge in [-0.05, 0) is 51.2 Å². The first-order valence-electron chi connectivity index (χ1n) is 8.54. The van der Waals surface area contributed by atoms with Crippen LogP contribution in [0, 0.1) is 5.92 Å². The highest BCUT2D eigenvalue weighted by Crippen LogP contribution is 2.29. The fourth-order valence-electron chi connectivity index (χ4n) is 2.70. The van der Waals surface area contributed by atoms with Crippen molar-refractivity contribution in [3.63, 3.8) is 0 Å². The summed E-state index contributed by atoms with van der Waals surface area (Å²) in [5.74, 6) is 1.55. The normalized spacial score (nSPS) is 25.8. The SMILES string of the molecule is CCNC(=NCC(O)COCC1CC1)NC1CCC(SC)C1.I. The van der Waals surface area contributed by atoms with Crippen LogP contribution < -0.4 is 10.6 Å². The Hall–Kier alpha value is 0.270. The molecule has 2 fully saturated rings. The maximum absolute atomic E-state index is 9.95. The Labute approximate surface area is 161 Å². The van der Waals surface area contributed by atoms with E-state index in [-0.39, 0.29) is 24.0 Å². The summed E-state index contributed by atoms with van der Waals surface area (Å²) in [6, 6.07) is 0.499. The molecule has 0 radical (unpaired) electrons. The third-order valence-corrected chi connectivity index (χ3v) is 5.32. The summed E-state index contributed by atoms with van der Waals surface area (Å²) in [5.41, 5.74) is 0. The van der Waals surface area contributed by atoms with Crippen molar-refractivity contribution >= 4 is 41.7 Å². The third-order valence-electron chi connectivity index (χ3n) is 4.22. The van der Waals surface area contributed by atoms with Crippen molar-refractivity contribution in [2.24, 2.45) is 10.9 Å². The zero-order chi connectivity index (χ0) is 15.8. The lowest BCUT2D eigenvalue weighted by Gasteiger charge is -2.18. The van der Waals surface area contributed by atoms with Crippen molar-refractivity contribution in [3.05, 3.63) is 0 Å². The second-order valence-electron chi connectivity index (χ2n) is 6.37. The molecule has 2 rings (SSSR count). The summed E-state index contributed by atoms with van der Waals surface area (Å²) in [4.78, 5) is 4.50. The largest absolute Gasteiger partial charge is 0.389 e. The molecular formula is C16H32IN3O2S. The highest BCUT2D eigenvalue weighted by Gasteiger charge is 2.24. The molecule has 3 unspecified atom stereocenters. The molecular weight excluding hydrogens is 425 g/mol. The third kappa shape index (κ3) is 8.79. The van der Waals surface area contributed by atoms with Gasteiger partial charge in [0, 0.05) is 24.4 Å². The number of aliphatic imine (C=N–C) groups is 1. The van der Waals surface area contributed by atoms with Gasteiger partial charge in [0.2, 0.25) is 0 Å². The van der Waals surface area contributed by atoms with Crippen molar-refractivity contribution in [2.45, 2.75) is 56.4 Å². The molecule has 2 aliphatic rings. The molecule has 0 amide bonds. The van der Waals surface area contributed by atoms with Crippen LogP contribution in [0.1, 0.15) is 39.0 Å². The van der Waals surface area contributed by atoms with E-state index in [1.807, 2.05) is 11.8 Å². The van der Waals surface area contributed by atoms with Gasteiger partial charge in [-0.1, -0.05) is 0 Å². The molecule has 136 valence electrons. The van der Waals surface area contributed by atoms with Gasteiger partial charge in [0.15, 0.2) is 5.96 Å². The summed E-state index contributed by atoms with van der Waals surface area (Å²) in [7, 11) is 0. The molecule has 0 aliphatic heterocycles. The number of halogens is 1. The topological polar surface area (TPSA) is 65.9 Å². The highest BCUT2D eigenvalue weighted by atomic mass is 127. The first-order chi connectivity index (χ1) is 10.7. The first kappa shape index (κ1) is 21.3. The molecule has 23 heavy (non-hydrogen) atoms. The second-order valence-corrected chi connectivity index (χ2v) is 7.50. The Balaban J connectivity index is 0.00000264. The number of rotatable bonds is 9. The van der Waals surface area contributed by atoms with E-state index in [9.17, 15) is 5.11 Å². The summed E-state index contributed by atoms with van der Waals surface area (Å²) < 4.78 is 5.51. The van der Waals surface area contributed by atoms with E-state index in [0.29, 0.717) is 19.2 Å². The molecule has 0 spiro atoms. The Morgan fingerprint density at radius 2 is 2.13 bits per heavy atom. The number of hydrogen-bond acceptors (Lipinski definition) is 4. The summed E-state index contributed by atoms with van der Waals surface area (Å²) in [6.07, 6.45) is 7.89. The smallest absolute Gasteiger partial charge is 0.191 e. The number of aliphatic hydroxyl groups is 1. The average Bonchev–Trinajstić information content (AvgIpc) is 3.22. The van der Waals surface area contributed by atoms with Crippen LogP contribution in [0.2, 0.25) is 0 Å². The summed E-state index contributed by atoms with van der Waals surface area (Å²) in [6.45, 7) is 4.46. The van der Waals surface area contributed by atoms with E-state index in [1.54, 1.807) is 0 Å². The number of thioether (sulfide) groups is 1. The zero-order valence-electron chi connectivity index (χ0n) is 14.3. The number of nitrogens with zero attached hydrogens (tertiary/aromatic N) is 1. The first-order valence-corrected chi connectivity index (χ1v) is 9.83. The van der Waals surface area contributed by atoms with Gasteiger partial charge in [-0.2, -0.15) is 11.8 Å². The van der Waals surface area contributed by atoms with Gasteiger partial charge < -0.3 is 20.5 Å². The van der Waals surface area contributed by atoms with Crippen molar-refractivity contribution in [2.75, 3.05) is 32.6 Å². The molecule has 0 saturated heterocycles. The van der Waals surface area contributed by atoms with Crippen LogP contribution in [0.3, 0.4) is 0 Å². The molecule has 0 aromatic carbocycles.